The number of hydrogen-bond acceptors (Lipinski definition) is 5. The van der Waals surface area contributed by atoms with Crippen LogP contribution in [0.1, 0.15) is 11.3 Å². The second kappa shape index (κ2) is 9.24. The average Bonchev–Trinajstić information content (AvgIpc) is 3.10. The minimum Gasteiger partial charge on any atom is -0.484 e. The first kappa shape index (κ1) is 18.2. The van der Waals surface area contributed by atoms with Crippen molar-refractivity contribution in [2.24, 2.45) is 0 Å². The predicted molar refractivity (Wildman–Crippen MR) is 96.4 cm³/mol. The van der Waals surface area contributed by atoms with Crippen LogP contribution in [0, 0.1) is 6.92 Å². The Bertz CT molecular complexity index is 772. The first-order chi connectivity index (χ1) is 12.0. The van der Waals surface area contributed by atoms with Gasteiger partial charge in [0.1, 0.15) is 11.5 Å². The van der Waals surface area contributed by atoms with Gasteiger partial charge < -0.3 is 9.15 Å². The summed E-state index contributed by atoms with van der Waals surface area (Å²) in [4.78, 5) is 23.3. The lowest BCUT2D eigenvalue weighted by Gasteiger charge is -2.10. The number of carbonyl (C=O) groups is 2. The molecular weight excluding hydrogens is 342 g/mol. The van der Waals surface area contributed by atoms with E-state index in [9.17, 15) is 9.59 Å². The Labute approximate surface area is 150 Å². The lowest BCUT2D eigenvalue weighted by molar-refractivity contribution is -0.123. The summed E-state index contributed by atoms with van der Waals surface area (Å²) in [6, 6.07) is 10.7. The molecule has 0 radical (unpaired) electrons. The minimum absolute atomic E-state index is 0.0435. The molecule has 25 heavy (non-hydrogen) atoms. The number of rotatable bonds is 5. The summed E-state index contributed by atoms with van der Waals surface area (Å²) in [7, 11) is 0. The van der Waals surface area contributed by atoms with Gasteiger partial charge in [0.2, 0.25) is 5.91 Å². The Kier molecular flexibility index (Phi) is 6.73. The van der Waals surface area contributed by atoms with Crippen LogP contribution in [0.4, 0.5) is 0 Å². The zero-order chi connectivity index (χ0) is 18.1. The second-order valence-corrected chi connectivity index (χ2v) is 5.35. The normalized spacial score (nSPS) is 10.3. The largest absolute Gasteiger partial charge is 0.484 e. The number of hydrogen-bond donors (Lipinski definition) is 3. The molecule has 2 aromatic rings. The highest BCUT2D eigenvalue weighted by Gasteiger charge is 2.05. The van der Waals surface area contributed by atoms with Crippen LogP contribution in [0.15, 0.2) is 53.2 Å². The smallest absolute Gasteiger partial charge is 0.276 e. The zero-order valence-electron chi connectivity index (χ0n) is 13.4. The highest BCUT2D eigenvalue weighted by atomic mass is 32.1. The van der Waals surface area contributed by atoms with E-state index in [2.05, 4.69) is 16.2 Å². The van der Waals surface area contributed by atoms with Crippen LogP contribution >= 0.6 is 12.2 Å². The number of benzene rings is 1. The summed E-state index contributed by atoms with van der Waals surface area (Å²) in [5.41, 5.74) is 5.78. The van der Waals surface area contributed by atoms with Gasteiger partial charge in [-0.1, -0.05) is 12.1 Å². The Balaban J connectivity index is 1.66. The maximum absolute atomic E-state index is 11.7. The molecule has 8 heteroatoms. The summed E-state index contributed by atoms with van der Waals surface area (Å²) in [6.45, 7) is 1.74. The highest BCUT2D eigenvalue weighted by Crippen LogP contribution is 2.11. The van der Waals surface area contributed by atoms with Crippen molar-refractivity contribution in [3.63, 3.8) is 0 Å². The molecule has 0 bridgehead atoms. The first-order valence-corrected chi connectivity index (χ1v) is 7.74. The number of carbonyl (C=O) groups excluding carboxylic acids is 2. The van der Waals surface area contributed by atoms with Gasteiger partial charge in [-0.15, -0.1) is 0 Å². The molecule has 0 spiro atoms. The number of nitrogens with one attached hydrogen (secondary N) is 3. The van der Waals surface area contributed by atoms with Gasteiger partial charge in [-0.05, 0) is 55.0 Å². The van der Waals surface area contributed by atoms with Gasteiger partial charge >= 0.3 is 0 Å². The Morgan fingerprint density at radius 1 is 1.24 bits per heavy atom. The van der Waals surface area contributed by atoms with Crippen molar-refractivity contribution in [1.82, 2.24) is 16.2 Å². The quantitative estimate of drug-likeness (QED) is 0.428. The SMILES string of the molecule is Cc1cccc(OCC(=O)NNC(=S)NC(=O)/C=C/c2ccco2)c1. The molecule has 7 nitrogen and oxygen atoms in total. The summed E-state index contributed by atoms with van der Waals surface area (Å²) in [6.07, 6.45) is 4.25. The zero-order valence-corrected chi connectivity index (χ0v) is 14.3. The van der Waals surface area contributed by atoms with Crippen molar-refractivity contribution in [3.05, 3.63) is 60.1 Å². The number of amides is 2. The Morgan fingerprint density at radius 2 is 2.08 bits per heavy atom. The van der Waals surface area contributed by atoms with Crippen LogP contribution < -0.4 is 20.9 Å². The third kappa shape index (κ3) is 6.88. The molecule has 1 aromatic carbocycles. The summed E-state index contributed by atoms with van der Waals surface area (Å²) >= 11 is 4.90. The molecule has 3 N–H and O–H groups in total. The predicted octanol–water partition coefficient (Wildman–Crippen LogP) is 1.70. The van der Waals surface area contributed by atoms with E-state index < -0.39 is 11.8 Å². The van der Waals surface area contributed by atoms with E-state index >= 15 is 0 Å². The molecule has 0 aliphatic rings. The van der Waals surface area contributed by atoms with Crippen molar-refractivity contribution in [2.75, 3.05) is 6.61 Å². The molecule has 0 aliphatic carbocycles. The van der Waals surface area contributed by atoms with E-state index in [1.165, 1.54) is 18.4 Å². The van der Waals surface area contributed by atoms with E-state index in [1.54, 1.807) is 18.2 Å². The number of furan rings is 1. The van der Waals surface area contributed by atoms with Crippen molar-refractivity contribution >= 4 is 35.2 Å². The number of hydrazine groups is 1. The van der Waals surface area contributed by atoms with Crippen LogP contribution in [0.25, 0.3) is 6.08 Å². The molecule has 0 saturated carbocycles. The van der Waals surface area contributed by atoms with Gasteiger partial charge in [-0.2, -0.15) is 0 Å². The van der Waals surface area contributed by atoms with E-state index in [0.29, 0.717) is 11.5 Å². The van der Waals surface area contributed by atoms with Gasteiger partial charge in [0.25, 0.3) is 5.91 Å². The van der Waals surface area contributed by atoms with E-state index in [4.69, 9.17) is 21.4 Å². The van der Waals surface area contributed by atoms with E-state index in [-0.39, 0.29) is 11.7 Å². The molecule has 130 valence electrons. The first-order valence-electron chi connectivity index (χ1n) is 7.34. The third-order valence-electron chi connectivity index (χ3n) is 2.85. The van der Waals surface area contributed by atoms with Crippen LogP contribution in [0.3, 0.4) is 0 Å². The van der Waals surface area contributed by atoms with Gasteiger partial charge in [0.05, 0.1) is 6.26 Å². The van der Waals surface area contributed by atoms with Gasteiger partial charge in [-0.25, -0.2) is 0 Å². The van der Waals surface area contributed by atoms with Gasteiger partial charge in [-0.3, -0.25) is 25.8 Å². The molecule has 1 aromatic heterocycles. The fourth-order valence-corrected chi connectivity index (χ4v) is 1.90. The van der Waals surface area contributed by atoms with Crippen LogP contribution in [0.5, 0.6) is 5.75 Å². The molecular formula is C17H17N3O4S. The van der Waals surface area contributed by atoms with E-state index in [1.807, 2.05) is 25.1 Å². The van der Waals surface area contributed by atoms with Gasteiger partial charge in [0, 0.05) is 6.08 Å². The average molecular weight is 359 g/mol. The fraction of sp³-hybridized carbons (Fsp3) is 0.118. The molecule has 1 heterocycles. The van der Waals surface area contributed by atoms with E-state index in [0.717, 1.165) is 5.56 Å². The molecule has 0 aliphatic heterocycles. The highest BCUT2D eigenvalue weighted by molar-refractivity contribution is 7.80. The molecule has 2 amide bonds. The summed E-state index contributed by atoms with van der Waals surface area (Å²) in [5, 5.41) is 2.33. The molecule has 2 rings (SSSR count). The number of aryl methyl sites for hydroxylation is 1. The third-order valence-corrected chi connectivity index (χ3v) is 3.06. The molecule has 0 atom stereocenters. The lowest BCUT2D eigenvalue weighted by atomic mass is 10.2. The van der Waals surface area contributed by atoms with Crippen LogP contribution in [0.2, 0.25) is 0 Å². The maximum atomic E-state index is 11.7. The number of thiocarbonyl (C=S) groups is 1. The standard InChI is InChI=1S/C17H17N3O4S/c1-12-4-2-5-14(10-12)24-11-16(22)19-20-17(25)18-15(21)8-7-13-6-3-9-23-13/h2-10H,11H2,1H3,(H,19,22)(H2,18,20,21,25)/b8-7+. The number of ether oxygens (including phenoxy) is 1. The second-order valence-electron chi connectivity index (χ2n) is 4.95. The summed E-state index contributed by atoms with van der Waals surface area (Å²) < 4.78 is 10.4. The maximum Gasteiger partial charge on any atom is 0.276 e. The molecule has 0 fully saturated rings. The van der Waals surface area contributed by atoms with Crippen LogP contribution in [-0.4, -0.2) is 23.5 Å². The molecule has 0 saturated heterocycles. The van der Waals surface area contributed by atoms with Crippen molar-refractivity contribution in [3.8, 4) is 5.75 Å². The minimum atomic E-state index is -0.459. The molecule has 0 unspecified atom stereocenters. The lowest BCUT2D eigenvalue weighted by Crippen LogP contribution is -2.49. The van der Waals surface area contributed by atoms with Crippen LogP contribution in [-0.2, 0) is 9.59 Å². The monoisotopic (exact) mass is 359 g/mol. The van der Waals surface area contributed by atoms with Crippen molar-refractivity contribution in [2.45, 2.75) is 6.92 Å². The fourth-order valence-electron chi connectivity index (χ4n) is 1.75. The van der Waals surface area contributed by atoms with Crippen molar-refractivity contribution in [1.29, 1.82) is 0 Å². The topological polar surface area (TPSA) is 92.6 Å². The Hall–Kier alpha value is -3.13. The summed E-state index contributed by atoms with van der Waals surface area (Å²) in [5.74, 6) is 0.230. The van der Waals surface area contributed by atoms with Crippen molar-refractivity contribution < 1.29 is 18.7 Å². The van der Waals surface area contributed by atoms with Gasteiger partial charge in [0.15, 0.2) is 11.7 Å². The Morgan fingerprint density at radius 3 is 2.80 bits per heavy atom.